The number of aromatic nitrogens is 2. The number of benzene rings is 4. The van der Waals surface area contributed by atoms with Gasteiger partial charge in [-0.2, -0.15) is 0 Å². The van der Waals surface area contributed by atoms with Gasteiger partial charge in [-0.3, -0.25) is 9.69 Å². The van der Waals surface area contributed by atoms with Gasteiger partial charge in [0.15, 0.2) is 29.2 Å². The van der Waals surface area contributed by atoms with E-state index in [1.54, 1.807) is 6.07 Å². The van der Waals surface area contributed by atoms with Crippen LogP contribution in [0.3, 0.4) is 0 Å². The first-order valence-electron chi connectivity index (χ1n) is 15.7. The van der Waals surface area contributed by atoms with Crippen LogP contribution in [0.5, 0.6) is 23.0 Å². The molecule has 1 N–H and O–H groups in total. The number of rotatable bonds is 8. The molecule has 0 saturated carbocycles. The van der Waals surface area contributed by atoms with Crippen LogP contribution in [-0.4, -0.2) is 57.8 Å². The fourth-order valence-corrected chi connectivity index (χ4v) is 6.88. The maximum absolute atomic E-state index is 15.3. The van der Waals surface area contributed by atoms with Gasteiger partial charge in [-0.15, -0.1) is 0 Å². The van der Waals surface area contributed by atoms with Crippen molar-refractivity contribution < 1.29 is 38.4 Å². The summed E-state index contributed by atoms with van der Waals surface area (Å²) in [5, 5.41) is 13.4. The molecule has 0 spiro atoms. The van der Waals surface area contributed by atoms with Crippen LogP contribution in [0.25, 0.3) is 21.8 Å². The number of hydrogen-bond donors (Lipinski definition) is 1. The number of nitrogens with zero attached hydrogens (tertiary/aromatic N) is 3. The van der Waals surface area contributed by atoms with Crippen molar-refractivity contribution in [1.82, 2.24) is 14.0 Å². The zero-order chi connectivity index (χ0) is 32.4. The van der Waals surface area contributed by atoms with Crippen molar-refractivity contribution in [2.75, 3.05) is 26.7 Å². The van der Waals surface area contributed by atoms with Crippen LogP contribution in [0, 0.1) is 0 Å². The van der Waals surface area contributed by atoms with Gasteiger partial charge in [0, 0.05) is 36.0 Å². The lowest BCUT2D eigenvalue weighted by atomic mass is 10.0. The number of carbonyl (C=O) groups is 2. The summed E-state index contributed by atoms with van der Waals surface area (Å²) in [6.07, 6.45) is -2.14. The fraction of sp³-hybridized carbons (Fsp3) is 0.189. The normalized spacial score (nSPS) is 15.4. The molecule has 11 nitrogen and oxygen atoms in total. The molecule has 48 heavy (non-hydrogen) atoms. The van der Waals surface area contributed by atoms with Crippen LogP contribution in [0.15, 0.2) is 91.0 Å². The first-order valence-corrected chi connectivity index (χ1v) is 15.7. The minimum atomic E-state index is -1.48. The van der Waals surface area contributed by atoms with E-state index in [-0.39, 0.29) is 43.8 Å². The molecule has 0 aliphatic carbocycles. The molecule has 0 bridgehead atoms. The minimum Gasteiger partial charge on any atom is -0.454 e. The van der Waals surface area contributed by atoms with Crippen molar-refractivity contribution in [3.63, 3.8) is 0 Å². The number of fused-ring (bicyclic) bond motifs is 4. The van der Waals surface area contributed by atoms with Crippen molar-refractivity contribution in [3.8, 4) is 23.0 Å². The summed E-state index contributed by atoms with van der Waals surface area (Å²) in [6, 6.07) is 28.8. The summed E-state index contributed by atoms with van der Waals surface area (Å²) < 4.78 is 32.0. The van der Waals surface area contributed by atoms with Crippen LogP contribution in [-0.2, 0) is 17.8 Å². The summed E-state index contributed by atoms with van der Waals surface area (Å²) >= 11 is 0. The van der Waals surface area contributed by atoms with Gasteiger partial charge in [0.25, 0.3) is 0 Å². The average Bonchev–Trinajstić information content (AvgIpc) is 3.95. The molecule has 0 radical (unpaired) electrons. The molecule has 11 heteroatoms. The molecule has 4 aromatic carbocycles. The maximum atomic E-state index is 15.3. The standard InChI is InChI=1S/C37H29N3O8/c41-35(28-13-24-14-29-31(47-20-45-29)16-26(24)39(28)18-22-7-3-1-4-8-22)33-25-15-30-32(48-21-46-30)17-27(25)40(19-23-9-5-2-6-10-23)34(33)36(42)38-11-12-44-37(38)43/h1-10,13-17,36,42H,11-12,18-21H2. The zero-order valence-corrected chi connectivity index (χ0v) is 25.6. The molecule has 1 atom stereocenters. The van der Waals surface area contributed by atoms with E-state index in [1.807, 2.05) is 94.1 Å². The van der Waals surface area contributed by atoms with E-state index in [2.05, 4.69) is 0 Å². The third-order valence-corrected chi connectivity index (χ3v) is 9.15. The Morgan fingerprint density at radius 1 is 0.708 bits per heavy atom. The van der Waals surface area contributed by atoms with Crippen LogP contribution < -0.4 is 18.9 Å². The number of aliphatic hydroxyl groups is 1. The lowest BCUT2D eigenvalue weighted by Crippen LogP contribution is -2.32. The molecule has 9 rings (SSSR count). The van der Waals surface area contributed by atoms with Gasteiger partial charge in [0.1, 0.15) is 6.61 Å². The summed E-state index contributed by atoms with van der Waals surface area (Å²) in [5.74, 6) is 1.90. The van der Waals surface area contributed by atoms with Gasteiger partial charge < -0.3 is 37.9 Å². The Balaban J connectivity index is 1.30. The molecule has 1 unspecified atom stereocenters. The highest BCUT2D eigenvalue weighted by Crippen LogP contribution is 2.44. The van der Waals surface area contributed by atoms with Gasteiger partial charge >= 0.3 is 6.09 Å². The summed E-state index contributed by atoms with van der Waals surface area (Å²) in [6.45, 7) is 1.20. The number of ketones is 1. The van der Waals surface area contributed by atoms with Crippen molar-refractivity contribution >= 4 is 33.7 Å². The van der Waals surface area contributed by atoms with E-state index in [0.717, 1.165) is 22.0 Å². The van der Waals surface area contributed by atoms with E-state index >= 15 is 4.79 Å². The molecule has 240 valence electrons. The maximum Gasteiger partial charge on any atom is 0.412 e. The van der Waals surface area contributed by atoms with Crippen molar-refractivity contribution in [3.05, 3.63) is 119 Å². The highest BCUT2D eigenvalue weighted by atomic mass is 16.7. The number of cyclic esters (lactones) is 1. The SMILES string of the molecule is O=C(c1c(C(O)N2CCOC2=O)n(Cc2ccccc2)c2cc3c(cc12)OCO3)c1cc2cc3c(cc2n1Cc1ccccc1)OCO3. The number of aliphatic hydroxyl groups excluding tert-OH is 1. The Bertz CT molecular complexity index is 2240. The largest absolute Gasteiger partial charge is 0.454 e. The Morgan fingerprint density at radius 3 is 1.92 bits per heavy atom. The van der Waals surface area contributed by atoms with Gasteiger partial charge in [-0.25, -0.2) is 4.79 Å². The topological polar surface area (TPSA) is 114 Å². The number of hydrogen-bond acceptors (Lipinski definition) is 8. The number of amides is 1. The van der Waals surface area contributed by atoms with Crippen molar-refractivity contribution in [2.45, 2.75) is 19.3 Å². The van der Waals surface area contributed by atoms with Gasteiger partial charge in [0.2, 0.25) is 19.4 Å². The number of carbonyl (C=O) groups excluding carboxylic acids is 2. The van der Waals surface area contributed by atoms with E-state index in [9.17, 15) is 9.90 Å². The molecule has 2 aromatic heterocycles. The quantitative estimate of drug-likeness (QED) is 0.207. The third kappa shape index (κ3) is 4.54. The fourth-order valence-electron chi connectivity index (χ4n) is 6.88. The summed E-state index contributed by atoms with van der Waals surface area (Å²) in [7, 11) is 0. The Kier molecular flexibility index (Phi) is 6.54. The lowest BCUT2D eigenvalue weighted by Gasteiger charge is -2.24. The molecule has 1 fully saturated rings. The monoisotopic (exact) mass is 643 g/mol. The minimum absolute atomic E-state index is 0.0547. The molecule has 1 amide bonds. The van der Waals surface area contributed by atoms with E-state index < -0.39 is 12.3 Å². The molecule has 3 aliphatic heterocycles. The van der Waals surface area contributed by atoms with Crippen molar-refractivity contribution in [1.29, 1.82) is 0 Å². The molecular weight excluding hydrogens is 614 g/mol. The number of ether oxygens (including phenoxy) is 5. The highest BCUT2D eigenvalue weighted by Gasteiger charge is 2.38. The second kappa shape index (κ2) is 11.1. The smallest absolute Gasteiger partial charge is 0.412 e. The van der Waals surface area contributed by atoms with Crippen LogP contribution in [0.4, 0.5) is 4.79 Å². The van der Waals surface area contributed by atoms with Crippen LogP contribution in [0.2, 0.25) is 0 Å². The lowest BCUT2D eigenvalue weighted by molar-refractivity contribution is 0.0303. The first-order chi connectivity index (χ1) is 23.5. The van der Waals surface area contributed by atoms with E-state index in [0.29, 0.717) is 52.7 Å². The van der Waals surface area contributed by atoms with Crippen LogP contribution >= 0.6 is 0 Å². The van der Waals surface area contributed by atoms with Gasteiger partial charge in [-0.05, 0) is 29.3 Å². The molecule has 3 aliphatic rings. The molecular formula is C37H29N3O8. The van der Waals surface area contributed by atoms with E-state index in [4.69, 9.17) is 23.7 Å². The summed E-state index contributed by atoms with van der Waals surface area (Å²) in [5.41, 5.74) is 4.30. The molecule has 1 saturated heterocycles. The predicted octanol–water partition coefficient (Wildman–Crippen LogP) is 5.82. The Hall–Kier alpha value is -5.94. The third-order valence-electron chi connectivity index (χ3n) is 9.15. The van der Waals surface area contributed by atoms with Crippen molar-refractivity contribution in [2.24, 2.45) is 0 Å². The predicted molar refractivity (Wildman–Crippen MR) is 174 cm³/mol. The first kappa shape index (κ1) is 28.3. The van der Waals surface area contributed by atoms with Crippen LogP contribution in [0.1, 0.15) is 39.1 Å². The molecule has 6 aromatic rings. The highest BCUT2D eigenvalue weighted by molar-refractivity contribution is 6.19. The van der Waals surface area contributed by atoms with Gasteiger partial charge in [-0.1, -0.05) is 60.7 Å². The second-order valence-corrected chi connectivity index (χ2v) is 11.9. The second-order valence-electron chi connectivity index (χ2n) is 11.9. The zero-order valence-electron chi connectivity index (χ0n) is 25.6. The summed E-state index contributed by atoms with van der Waals surface area (Å²) in [4.78, 5) is 29.4. The Labute approximate surface area is 274 Å². The Morgan fingerprint density at radius 2 is 1.29 bits per heavy atom. The average molecular weight is 644 g/mol. The van der Waals surface area contributed by atoms with Gasteiger partial charge in [0.05, 0.1) is 34.5 Å². The van der Waals surface area contributed by atoms with E-state index in [1.165, 1.54) is 4.90 Å². The molecule has 5 heterocycles.